The number of carbonyl (C=O) groups is 2. The van der Waals surface area contributed by atoms with E-state index in [9.17, 15) is 19.8 Å². The Bertz CT molecular complexity index is 480. The Kier molecular flexibility index (Phi) is 3.85. The molecule has 0 bridgehead atoms. The summed E-state index contributed by atoms with van der Waals surface area (Å²) in [5.74, 6) is 0. The molecule has 2 saturated heterocycles. The van der Waals surface area contributed by atoms with Gasteiger partial charge in [-0.25, -0.2) is 9.59 Å². The van der Waals surface area contributed by atoms with Crippen LogP contribution in [0.15, 0.2) is 0 Å². The molecule has 23 heavy (non-hydrogen) atoms. The Morgan fingerprint density at radius 3 is 1.30 bits per heavy atom. The minimum absolute atomic E-state index is 0.190. The van der Waals surface area contributed by atoms with Gasteiger partial charge in [0, 0.05) is 13.1 Å². The fourth-order valence-electron chi connectivity index (χ4n) is 2.75. The molecule has 0 unspecified atom stereocenters. The van der Waals surface area contributed by atoms with Crippen LogP contribution in [-0.4, -0.2) is 67.9 Å². The van der Waals surface area contributed by atoms with Crippen LogP contribution in [0, 0.1) is 0 Å². The van der Waals surface area contributed by atoms with Crippen molar-refractivity contribution in [3.05, 3.63) is 0 Å². The number of aliphatic hydroxyl groups is 2. The van der Waals surface area contributed by atoms with E-state index in [-0.39, 0.29) is 13.1 Å². The highest BCUT2D eigenvalue weighted by atomic mass is 16.6. The predicted octanol–water partition coefficient (Wildman–Crippen LogP) is 1.26. The fourth-order valence-corrected chi connectivity index (χ4v) is 2.75. The van der Waals surface area contributed by atoms with Crippen molar-refractivity contribution in [2.45, 2.75) is 70.6 Å². The molecule has 2 heterocycles. The third-order valence-corrected chi connectivity index (χ3v) is 5.22. The van der Waals surface area contributed by atoms with Gasteiger partial charge >= 0.3 is 12.2 Å². The number of nitrogens with zero attached hydrogens (tertiary/aromatic N) is 2. The van der Waals surface area contributed by atoms with Gasteiger partial charge < -0.3 is 19.7 Å². The Hall–Kier alpha value is -1.54. The second-order valence-electron chi connectivity index (χ2n) is 7.46. The van der Waals surface area contributed by atoms with E-state index in [1.807, 2.05) is 0 Å². The number of hydrogen-bond donors (Lipinski definition) is 2. The zero-order chi connectivity index (χ0) is 17.8. The molecule has 132 valence electrons. The van der Waals surface area contributed by atoms with Crippen LogP contribution in [0.5, 0.6) is 0 Å². The van der Waals surface area contributed by atoms with Crippen molar-refractivity contribution < 1.29 is 29.3 Å². The minimum atomic E-state index is -1.45. The maximum atomic E-state index is 11.9. The van der Waals surface area contributed by atoms with E-state index >= 15 is 0 Å². The first-order valence-electron chi connectivity index (χ1n) is 7.70. The third-order valence-electron chi connectivity index (χ3n) is 5.22. The largest absolute Gasteiger partial charge is 0.438 e. The molecule has 0 aromatic carbocycles. The van der Waals surface area contributed by atoms with E-state index < -0.39 is 34.8 Å². The van der Waals surface area contributed by atoms with E-state index in [0.717, 1.165) is 0 Å². The van der Waals surface area contributed by atoms with Gasteiger partial charge in [0.2, 0.25) is 0 Å². The number of cyclic esters (lactones) is 2. The maximum Gasteiger partial charge on any atom is 0.412 e. The molecule has 0 spiro atoms. The van der Waals surface area contributed by atoms with Crippen LogP contribution in [-0.2, 0) is 9.47 Å². The lowest BCUT2D eigenvalue weighted by molar-refractivity contribution is -0.133. The van der Waals surface area contributed by atoms with Gasteiger partial charge in [0.1, 0.15) is 0 Å². The summed E-state index contributed by atoms with van der Waals surface area (Å²) in [7, 11) is 0. The minimum Gasteiger partial charge on any atom is -0.438 e. The molecule has 0 saturated carbocycles. The van der Waals surface area contributed by atoms with Crippen molar-refractivity contribution in [2.75, 3.05) is 13.1 Å². The first-order valence-corrected chi connectivity index (χ1v) is 7.70. The van der Waals surface area contributed by atoms with Gasteiger partial charge in [0.15, 0.2) is 22.7 Å². The Morgan fingerprint density at radius 1 is 0.783 bits per heavy atom. The summed E-state index contributed by atoms with van der Waals surface area (Å²) < 4.78 is 10.4. The lowest BCUT2D eigenvalue weighted by Gasteiger charge is -2.36. The predicted molar refractivity (Wildman–Crippen MR) is 80.4 cm³/mol. The molecule has 2 aliphatic heterocycles. The van der Waals surface area contributed by atoms with E-state index in [0.29, 0.717) is 6.42 Å². The van der Waals surface area contributed by atoms with Gasteiger partial charge in [0.25, 0.3) is 0 Å². The average Bonchev–Trinajstić information content (AvgIpc) is 2.59. The lowest BCUT2D eigenvalue weighted by atomic mass is 9.95. The summed E-state index contributed by atoms with van der Waals surface area (Å²) in [5.41, 5.74) is -4.94. The number of carbonyl (C=O) groups excluding carboxylic acids is 2. The summed E-state index contributed by atoms with van der Waals surface area (Å²) in [5, 5.41) is 21.0. The van der Waals surface area contributed by atoms with E-state index in [4.69, 9.17) is 9.47 Å². The first kappa shape index (κ1) is 17.8. The Morgan fingerprint density at radius 2 is 1.09 bits per heavy atom. The Labute approximate surface area is 135 Å². The second kappa shape index (κ2) is 4.98. The number of hydrogen-bond acceptors (Lipinski definition) is 6. The average molecular weight is 330 g/mol. The van der Waals surface area contributed by atoms with Crippen molar-refractivity contribution in [3.8, 4) is 0 Å². The van der Waals surface area contributed by atoms with Crippen molar-refractivity contribution in [2.24, 2.45) is 0 Å². The number of amides is 2. The van der Waals surface area contributed by atoms with Crippen LogP contribution in [0.4, 0.5) is 9.59 Å². The quantitative estimate of drug-likeness (QED) is 0.805. The summed E-state index contributed by atoms with van der Waals surface area (Å²) in [6, 6.07) is 0. The van der Waals surface area contributed by atoms with Crippen LogP contribution in [0.2, 0.25) is 0 Å². The number of rotatable bonds is 4. The molecular weight excluding hydrogens is 304 g/mol. The molecule has 2 N–H and O–H groups in total. The molecule has 0 aliphatic carbocycles. The van der Waals surface area contributed by atoms with Crippen molar-refractivity contribution in [1.82, 2.24) is 9.80 Å². The van der Waals surface area contributed by atoms with Gasteiger partial charge in [-0.2, -0.15) is 0 Å². The summed E-state index contributed by atoms with van der Waals surface area (Å²) in [6.07, 6.45) is -0.838. The van der Waals surface area contributed by atoms with Gasteiger partial charge in [0.05, 0.1) is 0 Å². The zero-order valence-electron chi connectivity index (χ0n) is 14.5. The van der Waals surface area contributed by atoms with Crippen LogP contribution in [0.25, 0.3) is 0 Å². The standard InChI is InChI=1S/C15H26N2O6/c1-12(2)14(5,20)16(10(18)22-12)8-7-9-17-11(19)23-13(3,4)15(17,6)21/h20-21H,7-9H2,1-6H3/t14-,15-/m0/s1. The summed E-state index contributed by atoms with van der Waals surface area (Å²) in [6.45, 7) is 9.95. The highest BCUT2D eigenvalue weighted by Gasteiger charge is 2.58. The molecule has 2 rings (SSSR count). The van der Waals surface area contributed by atoms with E-state index in [1.165, 1.54) is 23.6 Å². The molecule has 2 aliphatic rings. The fraction of sp³-hybridized carbons (Fsp3) is 0.867. The van der Waals surface area contributed by atoms with Gasteiger partial charge in [-0.1, -0.05) is 0 Å². The highest BCUT2D eigenvalue weighted by Crippen LogP contribution is 2.38. The highest BCUT2D eigenvalue weighted by molar-refractivity contribution is 5.72. The maximum absolute atomic E-state index is 11.9. The molecule has 8 nitrogen and oxygen atoms in total. The summed E-state index contributed by atoms with van der Waals surface area (Å²) in [4.78, 5) is 26.3. The topological polar surface area (TPSA) is 99.5 Å². The van der Waals surface area contributed by atoms with Gasteiger partial charge in [-0.3, -0.25) is 9.80 Å². The van der Waals surface area contributed by atoms with Crippen molar-refractivity contribution in [1.29, 1.82) is 0 Å². The normalized spacial score (nSPS) is 35.5. The Balaban J connectivity index is 2.01. The molecule has 0 radical (unpaired) electrons. The van der Waals surface area contributed by atoms with Gasteiger partial charge in [-0.15, -0.1) is 0 Å². The molecule has 0 aromatic rings. The molecule has 2 fully saturated rings. The van der Waals surface area contributed by atoms with Crippen LogP contribution < -0.4 is 0 Å². The van der Waals surface area contributed by atoms with Crippen molar-refractivity contribution >= 4 is 12.2 Å². The van der Waals surface area contributed by atoms with Gasteiger partial charge in [-0.05, 0) is 48.0 Å². The second-order valence-corrected chi connectivity index (χ2v) is 7.46. The van der Waals surface area contributed by atoms with E-state index in [1.54, 1.807) is 27.7 Å². The monoisotopic (exact) mass is 330 g/mol. The van der Waals surface area contributed by atoms with Crippen LogP contribution >= 0.6 is 0 Å². The zero-order valence-corrected chi connectivity index (χ0v) is 14.5. The number of ether oxygens (including phenoxy) is 2. The summed E-state index contributed by atoms with van der Waals surface area (Å²) >= 11 is 0. The molecule has 2 amide bonds. The van der Waals surface area contributed by atoms with Crippen LogP contribution in [0.3, 0.4) is 0 Å². The molecular formula is C15H26N2O6. The first-order chi connectivity index (χ1) is 10.2. The molecule has 0 aromatic heterocycles. The molecule has 2 atom stereocenters. The SMILES string of the molecule is CC1(C)OC(=O)N(CCCN2C(=O)OC(C)(C)[C@]2(C)O)[C@@]1(C)O. The van der Waals surface area contributed by atoms with Crippen molar-refractivity contribution in [3.63, 3.8) is 0 Å². The molecule has 8 heteroatoms. The van der Waals surface area contributed by atoms with E-state index in [2.05, 4.69) is 0 Å². The smallest absolute Gasteiger partial charge is 0.412 e. The third kappa shape index (κ3) is 2.53. The van der Waals surface area contributed by atoms with Crippen LogP contribution in [0.1, 0.15) is 48.0 Å². The lowest BCUT2D eigenvalue weighted by Crippen LogP contribution is -2.55.